The van der Waals surface area contributed by atoms with Gasteiger partial charge < -0.3 is 4.90 Å². The molecule has 3 rings (SSSR count). The van der Waals surface area contributed by atoms with Crippen LogP contribution < -0.4 is 0 Å². The van der Waals surface area contributed by atoms with Crippen molar-refractivity contribution in [1.82, 2.24) is 4.90 Å². The molecular formula is C14H12BrNO. The average Bonchev–Trinajstić information content (AvgIpc) is 2.35. The molecule has 0 aromatic heterocycles. The van der Waals surface area contributed by atoms with Gasteiger partial charge in [-0.25, -0.2) is 0 Å². The third-order valence-electron chi connectivity index (χ3n) is 3.38. The summed E-state index contributed by atoms with van der Waals surface area (Å²) >= 11 is 3.42. The van der Waals surface area contributed by atoms with Crippen molar-refractivity contribution < 1.29 is 4.79 Å². The molecule has 2 aliphatic carbocycles. The summed E-state index contributed by atoms with van der Waals surface area (Å²) < 4.78 is 0.704. The van der Waals surface area contributed by atoms with Crippen LogP contribution in [0.2, 0.25) is 0 Å². The second-order valence-electron chi connectivity index (χ2n) is 4.39. The van der Waals surface area contributed by atoms with E-state index in [1.807, 2.05) is 12.2 Å². The maximum atomic E-state index is 11.7. The fourth-order valence-corrected chi connectivity index (χ4v) is 2.95. The third-order valence-corrected chi connectivity index (χ3v) is 4.25. The predicted molar refractivity (Wildman–Crippen MR) is 71.6 cm³/mol. The molecule has 3 aliphatic rings. The highest BCUT2D eigenvalue weighted by Crippen LogP contribution is 2.37. The Bertz CT molecular complexity index is 549. The van der Waals surface area contributed by atoms with E-state index < -0.39 is 0 Å². The molecule has 0 bridgehead atoms. The van der Waals surface area contributed by atoms with Gasteiger partial charge in [0.1, 0.15) is 0 Å². The van der Waals surface area contributed by atoms with Crippen LogP contribution in [0.15, 0.2) is 57.8 Å². The van der Waals surface area contributed by atoms with Gasteiger partial charge in [-0.1, -0.05) is 30.4 Å². The normalized spacial score (nSPS) is 26.6. The molecule has 86 valence electrons. The Morgan fingerprint density at radius 2 is 2.24 bits per heavy atom. The Labute approximate surface area is 109 Å². The molecule has 0 aromatic carbocycles. The van der Waals surface area contributed by atoms with Crippen molar-refractivity contribution in [2.24, 2.45) is 0 Å². The average molecular weight is 290 g/mol. The van der Waals surface area contributed by atoms with Gasteiger partial charge in [0, 0.05) is 24.7 Å². The zero-order valence-electron chi connectivity index (χ0n) is 9.48. The molecule has 0 saturated heterocycles. The van der Waals surface area contributed by atoms with Crippen molar-refractivity contribution in [3.05, 3.63) is 57.8 Å². The third kappa shape index (κ3) is 1.57. The SMILES string of the molecule is CN1C2=CCC(=O)C(Br)=C2C=C2C=CC=CC21. The molecule has 0 spiro atoms. The number of halogens is 1. The zero-order chi connectivity index (χ0) is 12.0. The number of likely N-dealkylation sites (N-methyl/N-ethyl adjacent to an activating group) is 1. The van der Waals surface area contributed by atoms with Crippen molar-refractivity contribution >= 4 is 21.7 Å². The lowest BCUT2D eigenvalue weighted by molar-refractivity contribution is -0.114. The van der Waals surface area contributed by atoms with Crippen LogP contribution in [0, 0.1) is 0 Å². The van der Waals surface area contributed by atoms with Crippen LogP contribution in [0.3, 0.4) is 0 Å². The lowest BCUT2D eigenvalue weighted by atomic mass is 9.89. The molecule has 0 N–H and O–H groups in total. The summed E-state index contributed by atoms with van der Waals surface area (Å²) in [6, 6.07) is 0.295. The number of hydrogen-bond acceptors (Lipinski definition) is 2. The molecule has 1 heterocycles. The molecule has 0 amide bonds. The van der Waals surface area contributed by atoms with Gasteiger partial charge in [0.25, 0.3) is 0 Å². The molecule has 1 unspecified atom stereocenters. The Morgan fingerprint density at radius 3 is 3.06 bits per heavy atom. The largest absolute Gasteiger partial charge is 0.364 e. The summed E-state index contributed by atoms with van der Waals surface area (Å²) in [5, 5.41) is 0. The van der Waals surface area contributed by atoms with Gasteiger partial charge >= 0.3 is 0 Å². The Morgan fingerprint density at radius 1 is 1.41 bits per heavy atom. The summed E-state index contributed by atoms with van der Waals surface area (Å²) in [6.07, 6.45) is 13.0. The second-order valence-corrected chi connectivity index (χ2v) is 5.18. The van der Waals surface area contributed by atoms with Crippen LogP contribution in [0.1, 0.15) is 6.42 Å². The number of rotatable bonds is 0. The van der Waals surface area contributed by atoms with Crippen molar-refractivity contribution in [3.63, 3.8) is 0 Å². The first kappa shape index (κ1) is 10.8. The van der Waals surface area contributed by atoms with Crippen LogP contribution in [-0.4, -0.2) is 23.8 Å². The number of ketones is 1. The highest BCUT2D eigenvalue weighted by atomic mass is 79.9. The summed E-state index contributed by atoms with van der Waals surface area (Å²) in [4.78, 5) is 13.9. The highest BCUT2D eigenvalue weighted by molar-refractivity contribution is 9.12. The van der Waals surface area contributed by atoms with Gasteiger partial charge in [0.05, 0.1) is 10.5 Å². The highest BCUT2D eigenvalue weighted by Gasteiger charge is 2.30. The van der Waals surface area contributed by atoms with Gasteiger partial charge in [-0.3, -0.25) is 4.79 Å². The molecule has 1 aliphatic heterocycles. The Hall–Kier alpha value is -1.35. The van der Waals surface area contributed by atoms with Gasteiger partial charge in [0.2, 0.25) is 0 Å². The number of carbonyl (C=O) groups excluding carboxylic acids is 1. The van der Waals surface area contributed by atoms with Crippen molar-refractivity contribution in [2.75, 3.05) is 7.05 Å². The molecule has 17 heavy (non-hydrogen) atoms. The minimum Gasteiger partial charge on any atom is -0.364 e. The minimum atomic E-state index is 0.155. The van der Waals surface area contributed by atoms with Gasteiger partial charge in [0.15, 0.2) is 5.78 Å². The molecule has 3 heteroatoms. The van der Waals surface area contributed by atoms with Crippen LogP contribution >= 0.6 is 15.9 Å². The zero-order valence-corrected chi connectivity index (χ0v) is 11.1. The Balaban J connectivity index is 2.18. The maximum absolute atomic E-state index is 11.7. The molecule has 0 radical (unpaired) electrons. The van der Waals surface area contributed by atoms with Crippen LogP contribution in [0.25, 0.3) is 0 Å². The first-order valence-electron chi connectivity index (χ1n) is 5.61. The topological polar surface area (TPSA) is 20.3 Å². The second kappa shape index (κ2) is 3.84. The van der Waals surface area contributed by atoms with Crippen molar-refractivity contribution in [1.29, 1.82) is 0 Å². The monoisotopic (exact) mass is 289 g/mol. The van der Waals surface area contributed by atoms with Crippen LogP contribution in [0.4, 0.5) is 0 Å². The summed E-state index contributed by atoms with van der Waals surface area (Å²) in [5.41, 5.74) is 3.38. The van der Waals surface area contributed by atoms with Gasteiger partial charge in [-0.05, 0) is 27.6 Å². The van der Waals surface area contributed by atoms with E-state index >= 15 is 0 Å². The fraction of sp³-hybridized carbons (Fsp3) is 0.214. The maximum Gasteiger partial charge on any atom is 0.174 e. The number of Topliss-reactive ketones (excluding diaryl/α,β-unsaturated/α-hetero) is 1. The van der Waals surface area contributed by atoms with Crippen molar-refractivity contribution in [3.8, 4) is 0 Å². The van der Waals surface area contributed by atoms with E-state index in [0.29, 0.717) is 16.9 Å². The number of allylic oxidation sites excluding steroid dienone is 5. The Kier molecular flexibility index (Phi) is 2.44. The van der Waals surface area contributed by atoms with E-state index in [4.69, 9.17) is 0 Å². The lowest BCUT2D eigenvalue weighted by Gasteiger charge is -2.38. The quantitative estimate of drug-likeness (QED) is 0.683. The number of hydrogen-bond donors (Lipinski definition) is 0. The summed E-state index contributed by atoms with van der Waals surface area (Å²) in [5.74, 6) is 0.155. The van der Waals surface area contributed by atoms with E-state index in [0.717, 1.165) is 11.3 Å². The summed E-state index contributed by atoms with van der Waals surface area (Å²) in [6.45, 7) is 0. The molecule has 1 atom stereocenters. The molecule has 0 aromatic rings. The first-order valence-corrected chi connectivity index (χ1v) is 6.40. The van der Waals surface area contributed by atoms with Gasteiger partial charge in [-0.15, -0.1) is 0 Å². The van der Waals surface area contributed by atoms with Crippen LogP contribution in [0.5, 0.6) is 0 Å². The van der Waals surface area contributed by atoms with Crippen molar-refractivity contribution in [2.45, 2.75) is 12.5 Å². The smallest absolute Gasteiger partial charge is 0.174 e. The van der Waals surface area contributed by atoms with Crippen LogP contribution in [-0.2, 0) is 4.79 Å². The molecule has 0 fully saturated rings. The van der Waals surface area contributed by atoms with E-state index in [9.17, 15) is 4.79 Å². The first-order chi connectivity index (χ1) is 8.18. The molecule has 2 nitrogen and oxygen atoms in total. The predicted octanol–water partition coefficient (Wildman–Crippen LogP) is 2.86. The van der Waals surface area contributed by atoms with E-state index in [1.165, 1.54) is 5.57 Å². The number of nitrogens with zero attached hydrogens (tertiary/aromatic N) is 1. The van der Waals surface area contributed by atoms with E-state index in [1.54, 1.807) is 0 Å². The number of fused-ring (bicyclic) bond motifs is 2. The van der Waals surface area contributed by atoms with E-state index in [2.05, 4.69) is 52.2 Å². The standard InChI is InChI=1S/C14H12BrNO/c1-16-11-5-3-2-4-9(11)8-10-12(16)6-7-13(17)14(10)15/h2-6,8,11H,7H2,1H3. The minimum absolute atomic E-state index is 0.155. The molecular weight excluding hydrogens is 278 g/mol. The molecule has 0 saturated carbocycles. The summed E-state index contributed by atoms with van der Waals surface area (Å²) in [7, 11) is 2.07. The lowest BCUT2D eigenvalue weighted by Crippen LogP contribution is -2.36. The fourth-order valence-electron chi connectivity index (χ4n) is 2.47. The van der Waals surface area contributed by atoms with Gasteiger partial charge in [-0.2, -0.15) is 0 Å². The van der Waals surface area contributed by atoms with E-state index in [-0.39, 0.29) is 5.78 Å². The number of carbonyl (C=O) groups is 1.